The van der Waals surface area contributed by atoms with Crippen LogP contribution >= 0.6 is 0 Å². The van der Waals surface area contributed by atoms with Crippen LogP contribution in [-0.4, -0.2) is 45.2 Å². The Kier molecular flexibility index (Phi) is 4.99. The first-order chi connectivity index (χ1) is 11.1. The third kappa shape index (κ3) is 3.74. The summed E-state index contributed by atoms with van der Waals surface area (Å²) < 4.78 is 0. The molecule has 3 rings (SSSR count). The zero-order valence-corrected chi connectivity index (χ0v) is 14.4. The first kappa shape index (κ1) is 16.0. The second-order valence-electron chi connectivity index (χ2n) is 6.59. The summed E-state index contributed by atoms with van der Waals surface area (Å²) >= 11 is 0. The summed E-state index contributed by atoms with van der Waals surface area (Å²) in [6.07, 6.45) is 0. The van der Waals surface area contributed by atoms with Crippen molar-refractivity contribution in [3.05, 3.63) is 65.2 Å². The van der Waals surface area contributed by atoms with Crippen molar-refractivity contribution in [2.75, 3.05) is 45.2 Å². The van der Waals surface area contributed by atoms with Crippen molar-refractivity contribution in [1.29, 1.82) is 0 Å². The van der Waals surface area contributed by atoms with Crippen LogP contribution in [0.5, 0.6) is 0 Å². The molecule has 0 radical (unpaired) electrons. The molecule has 0 aromatic heterocycles. The van der Waals surface area contributed by atoms with Gasteiger partial charge in [-0.15, -0.1) is 0 Å². The number of anilines is 1. The fourth-order valence-corrected chi connectivity index (χ4v) is 3.35. The van der Waals surface area contributed by atoms with Gasteiger partial charge in [-0.05, 0) is 30.2 Å². The molecule has 1 N–H and O–H groups in total. The molecule has 122 valence electrons. The van der Waals surface area contributed by atoms with Gasteiger partial charge >= 0.3 is 0 Å². The number of benzene rings is 2. The fraction of sp³-hybridized carbons (Fsp3) is 0.400. The van der Waals surface area contributed by atoms with Gasteiger partial charge in [0.15, 0.2) is 0 Å². The van der Waals surface area contributed by atoms with Crippen molar-refractivity contribution in [2.24, 2.45) is 0 Å². The third-order valence-corrected chi connectivity index (χ3v) is 4.60. The molecule has 1 atom stereocenters. The molecular formula is C20H27N3. The molecule has 0 aliphatic carbocycles. The first-order valence-corrected chi connectivity index (χ1v) is 8.44. The summed E-state index contributed by atoms with van der Waals surface area (Å²) in [7, 11) is 4.17. The predicted octanol–water partition coefficient (Wildman–Crippen LogP) is 3.06. The van der Waals surface area contributed by atoms with E-state index in [0.717, 1.165) is 26.2 Å². The van der Waals surface area contributed by atoms with Gasteiger partial charge in [0.1, 0.15) is 0 Å². The second-order valence-corrected chi connectivity index (χ2v) is 6.59. The highest BCUT2D eigenvalue weighted by atomic mass is 15.2. The molecule has 1 aliphatic heterocycles. The molecule has 0 amide bonds. The minimum atomic E-state index is 0.341. The summed E-state index contributed by atoms with van der Waals surface area (Å²) in [5, 5.41) is 3.46. The van der Waals surface area contributed by atoms with Gasteiger partial charge < -0.3 is 10.2 Å². The van der Waals surface area contributed by atoms with Crippen molar-refractivity contribution in [3.63, 3.8) is 0 Å². The topological polar surface area (TPSA) is 18.5 Å². The Labute approximate surface area is 139 Å². The standard InChI is InChI=1S/C20H27N3/c1-16-5-4-6-18(15-16)20(23-13-11-21-12-14-23)17-7-9-19(10-8-17)22(2)3/h4-10,15,20-21H,11-14H2,1-3H3. The maximum Gasteiger partial charge on any atom is 0.0602 e. The van der Waals surface area contributed by atoms with Gasteiger partial charge in [0.2, 0.25) is 0 Å². The zero-order chi connectivity index (χ0) is 16.2. The van der Waals surface area contributed by atoms with Crippen LogP contribution in [0.2, 0.25) is 0 Å². The van der Waals surface area contributed by atoms with Crippen LogP contribution in [-0.2, 0) is 0 Å². The Bertz CT molecular complexity index is 628. The van der Waals surface area contributed by atoms with E-state index < -0.39 is 0 Å². The number of rotatable bonds is 4. The number of aryl methyl sites for hydroxylation is 1. The van der Waals surface area contributed by atoms with E-state index in [9.17, 15) is 0 Å². The van der Waals surface area contributed by atoms with Crippen LogP contribution in [0.3, 0.4) is 0 Å². The lowest BCUT2D eigenvalue weighted by atomic mass is 9.95. The molecule has 1 aliphatic rings. The van der Waals surface area contributed by atoms with E-state index in [0.29, 0.717) is 6.04 Å². The van der Waals surface area contributed by atoms with Crippen LogP contribution in [0.25, 0.3) is 0 Å². The van der Waals surface area contributed by atoms with E-state index in [2.05, 4.69) is 84.7 Å². The molecular weight excluding hydrogens is 282 g/mol. The van der Waals surface area contributed by atoms with Crippen LogP contribution in [0.4, 0.5) is 5.69 Å². The molecule has 23 heavy (non-hydrogen) atoms. The van der Waals surface area contributed by atoms with Gasteiger partial charge in [0.25, 0.3) is 0 Å². The smallest absolute Gasteiger partial charge is 0.0602 e. The first-order valence-electron chi connectivity index (χ1n) is 8.44. The number of nitrogens with one attached hydrogen (secondary N) is 1. The number of hydrogen-bond donors (Lipinski definition) is 1. The number of piperazine rings is 1. The van der Waals surface area contributed by atoms with Gasteiger partial charge in [0, 0.05) is 46.0 Å². The van der Waals surface area contributed by atoms with Crippen LogP contribution in [0.15, 0.2) is 48.5 Å². The maximum atomic E-state index is 3.46. The Balaban J connectivity index is 1.97. The highest BCUT2D eigenvalue weighted by Gasteiger charge is 2.23. The Morgan fingerprint density at radius 2 is 1.65 bits per heavy atom. The van der Waals surface area contributed by atoms with Gasteiger partial charge in [0.05, 0.1) is 6.04 Å². The van der Waals surface area contributed by atoms with Crippen LogP contribution in [0, 0.1) is 6.92 Å². The molecule has 0 spiro atoms. The average molecular weight is 309 g/mol. The molecule has 1 unspecified atom stereocenters. The molecule has 1 saturated heterocycles. The summed E-state index contributed by atoms with van der Waals surface area (Å²) in [5.41, 5.74) is 5.34. The average Bonchev–Trinajstić information content (AvgIpc) is 2.57. The molecule has 0 saturated carbocycles. The van der Waals surface area contributed by atoms with E-state index >= 15 is 0 Å². The third-order valence-electron chi connectivity index (χ3n) is 4.60. The minimum absolute atomic E-state index is 0.341. The molecule has 3 heteroatoms. The molecule has 3 nitrogen and oxygen atoms in total. The van der Waals surface area contributed by atoms with Gasteiger partial charge in [-0.1, -0.05) is 42.0 Å². The minimum Gasteiger partial charge on any atom is -0.378 e. The van der Waals surface area contributed by atoms with Crippen LogP contribution < -0.4 is 10.2 Å². The van der Waals surface area contributed by atoms with Gasteiger partial charge in [-0.25, -0.2) is 0 Å². The largest absolute Gasteiger partial charge is 0.378 e. The quantitative estimate of drug-likeness (QED) is 0.936. The lowest BCUT2D eigenvalue weighted by Gasteiger charge is -2.36. The summed E-state index contributed by atoms with van der Waals surface area (Å²) in [6.45, 7) is 6.49. The highest BCUT2D eigenvalue weighted by Crippen LogP contribution is 2.30. The van der Waals surface area contributed by atoms with E-state index in [-0.39, 0.29) is 0 Å². The van der Waals surface area contributed by atoms with E-state index in [1.165, 1.54) is 22.4 Å². The van der Waals surface area contributed by atoms with Crippen molar-refractivity contribution in [1.82, 2.24) is 10.2 Å². The fourth-order valence-electron chi connectivity index (χ4n) is 3.35. The van der Waals surface area contributed by atoms with Crippen molar-refractivity contribution >= 4 is 5.69 Å². The monoisotopic (exact) mass is 309 g/mol. The molecule has 0 bridgehead atoms. The summed E-state index contributed by atoms with van der Waals surface area (Å²) in [6, 6.07) is 18.3. The maximum absolute atomic E-state index is 3.46. The number of nitrogens with zero attached hydrogens (tertiary/aromatic N) is 2. The molecule has 1 fully saturated rings. The normalized spacial score (nSPS) is 17.0. The van der Waals surface area contributed by atoms with E-state index in [1.54, 1.807) is 0 Å². The van der Waals surface area contributed by atoms with Gasteiger partial charge in [-0.2, -0.15) is 0 Å². The van der Waals surface area contributed by atoms with Crippen molar-refractivity contribution in [3.8, 4) is 0 Å². The lowest BCUT2D eigenvalue weighted by Crippen LogP contribution is -2.45. The van der Waals surface area contributed by atoms with Crippen molar-refractivity contribution < 1.29 is 0 Å². The predicted molar refractivity (Wildman–Crippen MR) is 98.2 cm³/mol. The molecule has 1 heterocycles. The Morgan fingerprint density at radius 1 is 0.957 bits per heavy atom. The Morgan fingerprint density at radius 3 is 2.26 bits per heavy atom. The Hall–Kier alpha value is -1.84. The lowest BCUT2D eigenvalue weighted by molar-refractivity contribution is 0.198. The number of hydrogen-bond acceptors (Lipinski definition) is 3. The second kappa shape index (κ2) is 7.16. The van der Waals surface area contributed by atoms with E-state index in [4.69, 9.17) is 0 Å². The SMILES string of the molecule is Cc1cccc(C(c2ccc(N(C)C)cc2)N2CCNCC2)c1. The van der Waals surface area contributed by atoms with Crippen molar-refractivity contribution in [2.45, 2.75) is 13.0 Å². The van der Waals surface area contributed by atoms with Gasteiger partial charge in [-0.3, -0.25) is 4.90 Å². The van der Waals surface area contributed by atoms with Crippen LogP contribution in [0.1, 0.15) is 22.7 Å². The summed E-state index contributed by atoms with van der Waals surface area (Å²) in [4.78, 5) is 4.74. The summed E-state index contributed by atoms with van der Waals surface area (Å²) in [5.74, 6) is 0. The van der Waals surface area contributed by atoms with E-state index in [1.807, 2.05) is 0 Å². The zero-order valence-electron chi connectivity index (χ0n) is 14.4. The molecule has 2 aromatic rings. The highest BCUT2D eigenvalue weighted by molar-refractivity contribution is 5.48. The molecule has 2 aromatic carbocycles.